The van der Waals surface area contributed by atoms with Crippen LogP contribution < -0.4 is 5.32 Å². The number of likely N-dealkylation sites (N-methyl/N-ethyl adjacent to an activating group) is 1. The molecule has 0 spiro atoms. The molecule has 0 saturated carbocycles. The Morgan fingerprint density at radius 2 is 1.57 bits per heavy atom. The Morgan fingerprint density at radius 1 is 0.905 bits per heavy atom. The first-order valence-electron chi connectivity index (χ1n) is 7.81. The van der Waals surface area contributed by atoms with Gasteiger partial charge < -0.3 is 10.1 Å². The van der Waals surface area contributed by atoms with E-state index in [4.69, 9.17) is 4.74 Å². The first-order chi connectivity index (χ1) is 10.3. The van der Waals surface area contributed by atoms with E-state index in [1.807, 2.05) is 6.07 Å². The summed E-state index contributed by atoms with van der Waals surface area (Å²) in [6.07, 6.45) is 1.06. The molecule has 0 saturated heterocycles. The van der Waals surface area contributed by atoms with E-state index < -0.39 is 0 Å². The lowest BCUT2D eigenvalue weighted by molar-refractivity contribution is 0.112. The van der Waals surface area contributed by atoms with Crippen LogP contribution in [-0.2, 0) is 4.74 Å². The molecule has 0 aliphatic rings. The van der Waals surface area contributed by atoms with Crippen LogP contribution in [0.25, 0.3) is 11.1 Å². The Hall–Kier alpha value is -1.64. The van der Waals surface area contributed by atoms with Gasteiger partial charge in [0.2, 0.25) is 0 Å². The predicted octanol–water partition coefficient (Wildman–Crippen LogP) is 4.43. The largest absolute Gasteiger partial charge is 0.379 e. The molecule has 1 N–H and O–H groups in total. The van der Waals surface area contributed by atoms with Crippen molar-refractivity contribution in [3.63, 3.8) is 0 Å². The lowest BCUT2D eigenvalue weighted by atomic mass is 10.0. The summed E-state index contributed by atoms with van der Waals surface area (Å²) in [5.74, 6) is 0. The Morgan fingerprint density at radius 3 is 2.19 bits per heavy atom. The van der Waals surface area contributed by atoms with Gasteiger partial charge in [-0.15, -0.1) is 0 Å². The van der Waals surface area contributed by atoms with Crippen molar-refractivity contribution in [2.75, 3.05) is 19.8 Å². The number of benzene rings is 2. The molecule has 0 heterocycles. The van der Waals surface area contributed by atoms with E-state index in [1.165, 1.54) is 16.7 Å². The molecule has 112 valence electrons. The molecule has 0 radical (unpaired) electrons. The fourth-order valence-electron chi connectivity index (χ4n) is 2.40. The highest BCUT2D eigenvalue weighted by Crippen LogP contribution is 2.22. The van der Waals surface area contributed by atoms with Gasteiger partial charge in [-0.05, 0) is 29.7 Å². The van der Waals surface area contributed by atoms with E-state index in [0.29, 0.717) is 0 Å². The summed E-state index contributed by atoms with van der Waals surface area (Å²) in [7, 11) is 0. The third kappa shape index (κ3) is 4.69. The van der Waals surface area contributed by atoms with Crippen LogP contribution in [0.15, 0.2) is 54.6 Å². The second-order valence-electron chi connectivity index (χ2n) is 5.17. The summed E-state index contributed by atoms with van der Waals surface area (Å²) in [6.45, 7) is 6.76. The number of rotatable bonds is 8. The highest BCUT2D eigenvalue weighted by Gasteiger charge is 2.10. The summed E-state index contributed by atoms with van der Waals surface area (Å²) >= 11 is 0. The summed E-state index contributed by atoms with van der Waals surface area (Å²) in [5.41, 5.74) is 3.79. The normalized spacial score (nSPS) is 12.3. The SMILES string of the molecule is CCCOCC(NCC)c1ccc(-c2ccccc2)cc1. The molecule has 2 heteroatoms. The molecular weight excluding hydrogens is 258 g/mol. The molecule has 0 bridgehead atoms. The first kappa shape index (κ1) is 15.7. The average Bonchev–Trinajstić information content (AvgIpc) is 2.55. The first-order valence-corrected chi connectivity index (χ1v) is 7.81. The van der Waals surface area contributed by atoms with Gasteiger partial charge in [-0.1, -0.05) is 68.4 Å². The minimum atomic E-state index is 0.270. The van der Waals surface area contributed by atoms with Gasteiger partial charge in [0.25, 0.3) is 0 Å². The van der Waals surface area contributed by atoms with Crippen LogP contribution in [0.2, 0.25) is 0 Å². The smallest absolute Gasteiger partial charge is 0.0661 e. The van der Waals surface area contributed by atoms with Crippen molar-refractivity contribution in [1.82, 2.24) is 5.32 Å². The highest BCUT2D eigenvalue weighted by molar-refractivity contribution is 5.63. The molecule has 0 aliphatic heterocycles. The van der Waals surface area contributed by atoms with Crippen molar-refractivity contribution in [1.29, 1.82) is 0 Å². The zero-order valence-corrected chi connectivity index (χ0v) is 13.0. The van der Waals surface area contributed by atoms with Crippen LogP contribution in [0.4, 0.5) is 0 Å². The molecule has 2 rings (SSSR count). The number of ether oxygens (including phenoxy) is 1. The average molecular weight is 283 g/mol. The van der Waals surface area contributed by atoms with Crippen molar-refractivity contribution in [2.45, 2.75) is 26.3 Å². The lowest BCUT2D eigenvalue weighted by Gasteiger charge is -2.18. The highest BCUT2D eigenvalue weighted by atomic mass is 16.5. The van der Waals surface area contributed by atoms with Crippen molar-refractivity contribution in [3.8, 4) is 11.1 Å². The molecule has 0 aliphatic carbocycles. The molecule has 2 aromatic carbocycles. The molecule has 2 aromatic rings. The summed E-state index contributed by atoms with van der Waals surface area (Å²) in [6, 6.07) is 19.5. The Kier molecular flexibility index (Phi) is 6.45. The van der Waals surface area contributed by atoms with Gasteiger partial charge in [-0.25, -0.2) is 0 Å². The van der Waals surface area contributed by atoms with Crippen LogP contribution in [0, 0.1) is 0 Å². The minimum absolute atomic E-state index is 0.270. The van der Waals surface area contributed by atoms with Crippen molar-refractivity contribution in [2.24, 2.45) is 0 Å². The molecule has 21 heavy (non-hydrogen) atoms. The molecule has 0 fully saturated rings. The number of nitrogens with one attached hydrogen (secondary N) is 1. The van der Waals surface area contributed by atoms with E-state index in [0.717, 1.165) is 26.2 Å². The van der Waals surface area contributed by atoms with E-state index in [2.05, 4.69) is 67.7 Å². The second-order valence-corrected chi connectivity index (χ2v) is 5.17. The summed E-state index contributed by atoms with van der Waals surface area (Å²) in [4.78, 5) is 0. The van der Waals surface area contributed by atoms with Crippen LogP contribution in [-0.4, -0.2) is 19.8 Å². The molecular formula is C19H25NO. The third-order valence-corrected chi connectivity index (χ3v) is 3.50. The van der Waals surface area contributed by atoms with Gasteiger partial charge in [0.1, 0.15) is 0 Å². The quantitative estimate of drug-likeness (QED) is 0.724. The van der Waals surface area contributed by atoms with Crippen molar-refractivity contribution in [3.05, 3.63) is 60.2 Å². The maximum atomic E-state index is 5.70. The molecule has 0 aromatic heterocycles. The van der Waals surface area contributed by atoms with Crippen molar-refractivity contribution < 1.29 is 4.74 Å². The zero-order chi connectivity index (χ0) is 14.9. The third-order valence-electron chi connectivity index (χ3n) is 3.50. The van der Waals surface area contributed by atoms with E-state index in [9.17, 15) is 0 Å². The van der Waals surface area contributed by atoms with Crippen molar-refractivity contribution >= 4 is 0 Å². The Labute approximate surface area is 128 Å². The fraction of sp³-hybridized carbons (Fsp3) is 0.368. The van der Waals surface area contributed by atoms with E-state index >= 15 is 0 Å². The molecule has 2 nitrogen and oxygen atoms in total. The van der Waals surface area contributed by atoms with Gasteiger partial charge >= 0.3 is 0 Å². The topological polar surface area (TPSA) is 21.3 Å². The molecule has 0 amide bonds. The lowest BCUT2D eigenvalue weighted by Crippen LogP contribution is -2.25. The standard InChI is InChI=1S/C19H25NO/c1-3-14-21-15-19(20-4-2)18-12-10-17(11-13-18)16-8-6-5-7-9-16/h5-13,19-20H,3-4,14-15H2,1-2H3. The van der Waals surface area contributed by atoms with Gasteiger partial charge in [-0.3, -0.25) is 0 Å². The molecule has 1 unspecified atom stereocenters. The summed E-state index contributed by atoms with van der Waals surface area (Å²) < 4.78 is 5.70. The monoisotopic (exact) mass is 283 g/mol. The van der Waals surface area contributed by atoms with Gasteiger partial charge in [-0.2, -0.15) is 0 Å². The fourth-order valence-corrected chi connectivity index (χ4v) is 2.40. The van der Waals surface area contributed by atoms with E-state index in [1.54, 1.807) is 0 Å². The van der Waals surface area contributed by atoms with E-state index in [-0.39, 0.29) is 6.04 Å². The Bertz CT molecular complexity index is 507. The Balaban J connectivity index is 2.08. The van der Waals surface area contributed by atoms with Gasteiger partial charge in [0, 0.05) is 6.61 Å². The van der Waals surface area contributed by atoms with Crippen LogP contribution in [0.1, 0.15) is 31.9 Å². The predicted molar refractivity (Wildman–Crippen MR) is 89.4 cm³/mol. The second kappa shape index (κ2) is 8.60. The molecule has 1 atom stereocenters. The van der Waals surface area contributed by atoms with Crippen LogP contribution in [0.3, 0.4) is 0 Å². The van der Waals surface area contributed by atoms with Gasteiger partial charge in [0.05, 0.1) is 12.6 Å². The number of hydrogen-bond donors (Lipinski definition) is 1. The number of hydrogen-bond acceptors (Lipinski definition) is 2. The zero-order valence-electron chi connectivity index (χ0n) is 13.0. The maximum absolute atomic E-state index is 5.70. The van der Waals surface area contributed by atoms with Crippen LogP contribution >= 0.6 is 0 Å². The summed E-state index contributed by atoms with van der Waals surface area (Å²) in [5, 5.41) is 3.49. The van der Waals surface area contributed by atoms with Crippen LogP contribution in [0.5, 0.6) is 0 Å². The minimum Gasteiger partial charge on any atom is -0.379 e. The van der Waals surface area contributed by atoms with Gasteiger partial charge in [0.15, 0.2) is 0 Å². The maximum Gasteiger partial charge on any atom is 0.0661 e.